The number of hydrogen-bond donors (Lipinski definition) is 4. The molecule has 0 amide bonds. The fourth-order valence-corrected chi connectivity index (χ4v) is 4.65. The third kappa shape index (κ3) is 4.30. The summed E-state index contributed by atoms with van der Waals surface area (Å²) in [6.07, 6.45) is -0.709. The molecule has 0 aliphatic heterocycles. The van der Waals surface area contributed by atoms with Crippen molar-refractivity contribution in [1.29, 1.82) is 0 Å². The molecule has 1 atom stereocenters. The number of nitrogens with one attached hydrogen (secondary N) is 3. The van der Waals surface area contributed by atoms with Crippen LogP contribution in [0.3, 0.4) is 0 Å². The highest BCUT2D eigenvalue weighted by Crippen LogP contribution is 2.38. The van der Waals surface area contributed by atoms with Gasteiger partial charge in [0.05, 0.1) is 44.2 Å². The molecule has 4 N–H and O–H groups in total. The fraction of sp³-hybridized carbons (Fsp3) is 0.238. The number of H-pyrrole nitrogens is 1. The summed E-state index contributed by atoms with van der Waals surface area (Å²) in [4.78, 5) is -0.172. The van der Waals surface area contributed by atoms with E-state index in [1.165, 1.54) is 33.5 Å². The van der Waals surface area contributed by atoms with Crippen LogP contribution in [0, 0.1) is 0 Å². The van der Waals surface area contributed by atoms with Crippen molar-refractivity contribution in [3.8, 4) is 17.2 Å². The number of ether oxygens (including phenoxy) is 3. The molecule has 0 radical (unpaired) electrons. The van der Waals surface area contributed by atoms with Crippen LogP contribution in [0.2, 0.25) is 0 Å². The second kappa shape index (κ2) is 9.11. The number of fused-ring (bicyclic) bond motifs is 1. The van der Waals surface area contributed by atoms with E-state index in [-0.39, 0.29) is 22.2 Å². The Hall–Kier alpha value is -3.97. The quantitative estimate of drug-likeness (QED) is 0.275. The minimum Gasteiger partial charge on any atom is -0.495 e. The molecular formula is C21H23N5O7S. The zero-order valence-corrected chi connectivity index (χ0v) is 19.6. The smallest absolute Gasteiger partial charge is 0.270 e. The van der Waals surface area contributed by atoms with Gasteiger partial charge in [0.25, 0.3) is 10.0 Å². The fourth-order valence-electron chi connectivity index (χ4n) is 3.32. The molecule has 4 aromatic rings. The van der Waals surface area contributed by atoms with Gasteiger partial charge in [-0.05, 0) is 25.1 Å². The monoisotopic (exact) mass is 489 g/mol. The van der Waals surface area contributed by atoms with Crippen LogP contribution in [0.4, 0.5) is 17.3 Å². The highest BCUT2D eigenvalue weighted by molar-refractivity contribution is 7.93. The Labute approximate surface area is 194 Å². The molecule has 0 fully saturated rings. The van der Waals surface area contributed by atoms with Gasteiger partial charge in [0.2, 0.25) is 0 Å². The number of aromatic amines is 1. The second-order valence-electron chi connectivity index (χ2n) is 7.19. The minimum absolute atomic E-state index is 0.0380. The SMILES string of the molecule is COc1cc2c(NS(=O)(=O)c3c(OC)cccc3OC)noc2cc1Nc1cc([C@H](C)O)[nH]n1. The van der Waals surface area contributed by atoms with Gasteiger partial charge in [0, 0.05) is 12.1 Å². The first-order valence-electron chi connectivity index (χ1n) is 9.99. The standard InChI is InChI=1S/C21H23N5O7S/c1-11(27)13-10-19(24-23-13)22-14-9-17-12(8-18(14)32-4)21(25-33-17)26-34(28,29)20-15(30-2)6-5-7-16(20)31-3/h5-11,27H,1-4H3,(H,25,26)(H2,22,23,24)/t11-/m0/s1. The molecule has 4 rings (SSSR count). The lowest BCUT2D eigenvalue weighted by Gasteiger charge is -2.14. The maximum atomic E-state index is 13.2. The summed E-state index contributed by atoms with van der Waals surface area (Å²) in [5, 5.41) is 23.8. The first-order valence-corrected chi connectivity index (χ1v) is 11.5. The summed E-state index contributed by atoms with van der Waals surface area (Å²) < 4.78 is 50.1. The Morgan fingerprint density at radius 3 is 2.32 bits per heavy atom. The summed E-state index contributed by atoms with van der Waals surface area (Å²) >= 11 is 0. The summed E-state index contributed by atoms with van der Waals surface area (Å²) in [5.74, 6) is 1.01. The zero-order valence-electron chi connectivity index (χ0n) is 18.7. The molecule has 0 aliphatic rings. The predicted octanol–water partition coefficient (Wildman–Crippen LogP) is 3.17. The van der Waals surface area contributed by atoms with Crippen LogP contribution < -0.4 is 24.2 Å². The third-order valence-electron chi connectivity index (χ3n) is 4.98. The number of methoxy groups -OCH3 is 3. The van der Waals surface area contributed by atoms with E-state index in [2.05, 4.69) is 25.4 Å². The summed E-state index contributed by atoms with van der Waals surface area (Å²) in [7, 11) is 0.0334. The maximum Gasteiger partial charge on any atom is 0.270 e. The molecule has 13 heteroatoms. The third-order valence-corrected chi connectivity index (χ3v) is 6.39. The molecule has 34 heavy (non-hydrogen) atoms. The highest BCUT2D eigenvalue weighted by atomic mass is 32.2. The van der Waals surface area contributed by atoms with Gasteiger partial charge in [0.15, 0.2) is 22.1 Å². The van der Waals surface area contributed by atoms with Crippen molar-refractivity contribution in [2.45, 2.75) is 17.9 Å². The van der Waals surface area contributed by atoms with Crippen LogP contribution in [0.25, 0.3) is 11.0 Å². The molecule has 2 heterocycles. The number of sulfonamides is 1. The van der Waals surface area contributed by atoms with Crippen LogP contribution in [-0.4, -0.2) is 50.2 Å². The average Bonchev–Trinajstić information content (AvgIpc) is 3.44. The van der Waals surface area contributed by atoms with Gasteiger partial charge in [-0.1, -0.05) is 11.2 Å². The Morgan fingerprint density at radius 2 is 1.74 bits per heavy atom. The highest BCUT2D eigenvalue weighted by Gasteiger charge is 2.27. The number of nitrogens with zero attached hydrogens (tertiary/aromatic N) is 2. The normalized spacial score (nSPS) is 12.4. The van der Waals surface area contributed by atoms with E-state index >= 15 is 0 Å². The van der Waals surface area contributed by atoms with E-state index in [1.54, 1.807) is 31.2 Å². The van der Waals surface area contributed by atoms with Gasteiger partial charge in [-0.15, -0.1) is 0 Å². The Kier molecular flexibility index (Phi) is 6.22. The van der Waals surface area contributed by atoms with Crippen molar-refractivity contribution in [2.75, 3.05) is 31.4 Å². The van der Waals surface area contributed by atoms with Crippen LogP contribution >= 0.6 is 0 Å². The van der Waals surface area contributed by atoms with Crippen LogP contribution in [0.15, 0.2) is 45.8 Å². The summed E-state index contributed by atoms with van der Waals surface area (Å²) in [6.45, 7) is 1.61. The molecule has 0 unspecified atom stereocenters. The first kappa shape index (κ1) is 23.2. The molecule has 0 bridgehead atoms. The molecular weight excluding hydrogens is 466 g/mol. The van der Waals surface area contributed by atoms with E-state index in [9.17, 15) is 13.5 Å². The molecule has 2 aromatic carbocycles. The zero-order chi connectivity index (χ0) is 24.5. The second-order valence-corrected chi connectivity index (χ2v) is 8.81. The van der Waals surface area contributed by atoms with E-state index in [0.29, 0.717) is 33.9 Å². The average molecular weight is 490 g/mol. The molecule has 2 aromatic heterocycles. The van der Waals surface area contributed by atoms with E-state index in [0.717, 1.165) is 0 Å². The van der Waals surface area contributed by atoms with Gasteiger partial charge >= 0.3 is 0 Å². The number of anilines is 3. The Morgan fingerprint density at radius 1 is 1.06 bits per heavy atom. The number of aliphatic hydroxyl groups excluding tert-OH is 1. The van der Waals surface area contributed by atoms with E-state index in [1.807, 2.05) is 0 Å². The van der Waals surface area contributed by atoms with Crippen molar-refractivity contribution >= 4 is 38.3 Å². The molecule has 12 nitrogen and oxygen atoms in total. The van der Waals surface area contributed by atoms with Crippen LogP contribution in [0.1, 0.15) is 18.7 Å². The molecule has 0 aliphatic carbocycles. The summed E-state index contributed by atoms with van der Waals surface area (Å²) in [6, 6.07) is 9.46. The predicted molar refractivity (Wildman–Crippen MR) is 123 cm³/mol. The number of aromatic nitrogens is 3. The van der Waals surface area contributed by atoms with Crippen molar-refractivity contribution in [1.82, 2.24) is 15.4 Å². The van der Waals surface area contributed by atoms with E-state index in [4.69, 9.17) is 18.7 Å². The number of benzene rings is 2. The van der Waals surface area contributed by atoms with Gasteiger partial charge < -0.3 is 29.2 Å². The first-order chi connectivity index (χ1) is 16.3. The minimum atomic E-state index is -4.16. The van der Waals surface area contributed by atoms with Crippen LogP contribution in [0.5, 0.6) is 17.2 Å². The lowest BCUT2D eigenvalue weighted by atomic mass is 10.2. The molecule has 0 spiro atoms. The number of rotatable bonds is 9. The van der Waals surface area contributed by atoms with Gasteiger partial charge in [-0.3, -0.25) is 9.82 Å². The van der Waals surface area contributed by atoms with E-state index < -0.39 is 16.1 Å². The van der Waals surface area contributed by atoms with Gasteiger partial charge in [-0.2, -0.15) is 5.10 Å². The largest absolute Gasteiger partial charge is 0.495 e. The number of aliphatic hydroxyl groups is 1. The Bertz CT molecular complexity index is 1410. The molecule has 0 saturated heterocycles. The molecule has 180 valence electrons. The lowest BCUT2D eigenvalue weighted by Crippen LogP contribution is -2.15. The van der Waals surface area contributed by atoms with Gasteiger partial charge in [-0.25, -0.2) is 8.42 Å². The van der Waals surface area contributed by atoms with Crippen molar-refractivity contribution in [2.24, 2.45) is 0 Å². The van der Waals surface area contributed by atoms with Crippen LogP contribution in [-0.2, 0) is 10.0 Å². The maximum absolute atomic E-state index is 13.2. The van der Waals surface area contributed by atoms with Crippen molar-refractivity contribution in [3.63, 3.8) is 0 Å². The van der Waals surface area contributed by atoms with Crippen molar-refractivity contribution in [3.05, 3.63) is 42.1 Å². The van der Waals surface area contributed by atoms with Gasteiger partial charge in [0.1, 0.15) is 17.2 Å². The van der Waals surface area contributed by atoms with Crippen molar-refractivity contribution < 1.29 is 32.3 Å². The Balaban J connectivity index is 1.70. The molecule has 0 saturated carbocycles. The number of hydrogen-bond acceptors (Lipinski definition) is 10. The summed E-state index contributed by atoms with van der Waals surface area (Å²) in [5.41, 5.74) is 1.32. The lowest BCUT2D eigenvalue weighted by molar-refractivity contribution is 0.194. The topological polar surface area (TPSA) is 161 Å².